The maximum absolute atomic E-state index is 13.8. The predicted molar refractivity (Wildman–Crippen MR) is 232 cm³/mol. The number of alkyl halides is 6. The minimum absolute atomic E-state index is 0.0233. The lowest BCUT2D eigenvalue weighted by atomic mass is 9.73. The summed E-state index contributed by atoms with van der Waals surface area (Å²) in [4.78, 5) is 51.5. The van der Waals surface area contributed by atoms with Crippen LogP contribution in [0.3, 0.4) is 0 Å². The van der Waals surface area contributed by atoms with E-state index in [0.717, 1.165) is 114 Å². The Bertz CT molecular complexity index is 3040. The molecule has 6 aliphatic carbocycles. The zero-order valence-corrected chi connectivity index (χ0v) is 36.0. The Kier molecular flexibility index (Phi) is 8.89. The molecule has 2 atom stereocenters. The molecule has 330 valence electrons. The summed E-state index contributed by atoms with van der Waals surface area (Å²) in [5, 5.41) is 0.914. The second kappa shape index (κ2) is 14.2. The number of ketones is 3. The monoisotopic (exact) mass is 922 g/mol. The maximum Gasteiger partial charge on any atom is 0.416 e. The van der Waals surface area contributed by atoms with Gasteiger partial charge in [0, 0.05) is 46.1 Å². The van der Waals surface area contributed by atoms with Gasteiger partial charge in [0.05, 0.1) is 20.9 Å². The first-order valence-electron chi connectivity index (χ1n) is 21.8. The molecule has 2 fully saturated rings. The van der Waals surface area contributed by atoms with Gasteiger partial charge in [0.2, 0.25) is 11.6 Å². The largest absolute Gasteiger partial charge is 0.481 e. The van der Waals surface area contributed by atoms with Crippen molar-refractivity contribution < 1.29 is 50.2 Å². The first-order chi connectivity index (χ1) is 31.1. The van der Waals surface area contributed by atoms with Crippen LogP contribution >= 0.6 is 22.7 Å². The second-order valence-corrected chi connectivity index (χ2v) is 20.2. The van der Waals surface area contributed by atoms with Crippen LogP contribution in [0.4, 0.5) is 26.3 Å². The quantitative estimate of drug-likeness (QED) is 0.112. The first kappa shape index (κ1) is 40.8. The van der Waals surface area contributed by atoms with Gasteiger partial charge in [0.15, 0.2) is 17.0 Å². The molecule has 12 rings (SSSR count). The number of Topliss-reactive ketones (excluding diaryl/α,β-unsaturated/α-hetero) is 3. The third-order valence-electron chi connectivity index (χ3n) is 14.2. The highest BCUT2D eigenvalue weighted by molar-refractivity contribution is 7.14. The molecule has 8 aliphatic rings. The lowest BCUT2D eigenvalue weighted by molar-refractivity contribution is -0.138. The van der Waals surface area contributed by atoms with E-state index in [1.165, 1.54) is 34.8 Å². The zero-order chi connectivity index (χ0) is 44.8. The van der Waals surface area contributed by atoms with E-state index in [0.29, 0.717) is 39.9 Å². The van der Waals surface area contributed by atoms with Crippen molar-refractivity contribution in [3.8, 4) is 0 Å². The normalized spacial score (nSPS) is 24.8. The van der Waals surface area contributed by atoms with Gasteiger partial charge in [-0.25, -0.2) is 9.97 Å². The number of carbonyl (C=O) groups excluding carboxylic acids is 3. The fourth-order valence-electron chi connectivity index (χ4n) is 11.0. The first-order valence-corrected chi connectivity index (χ1v) is 23.5. The summed E-state index contributed by atoms with van der Waals surface area (Å²) in [7, 11) is 0. The third-order valence-corrected chi connectivity index (χ3v) is 16.3. The number of nitrogens with zero attached hydrogens (tertiary/aromatic N) is 2. The van der Waals surface area contributed by atoms with Gasteiger partial charge in [-0.3, -0.25) is 14.4 Å². The number of allylic oxidation sites excluding steroid dienone is 8. The number of aromatic nitrogens is 2. The number of benzene rings is 2. The Labute approximate surface area is 376 Å². The number of hydrogen-bond acceptors (Lipinski definition) is 9. The molecule has 7 nitrogen and oxygen atoms in total. The van der Waals surface area contributed by atoms with Crippen LogP contribution in [0, 0.1) is 11.8 Å². The Balaban J connectivity index is 0.940. The van der Waals surface area contributed by atoms with Crippen molar-refractivity contribution in [2.75, 3.05) is 0 Å². The molecular formula is C50H36F6N2O5S2. The predicted octanol–water partition coefficient (Wildman–Crippen LogP) is 12.5. The standard InChI is InChI=1S/C50H36F6N2O5S2/c51-49(52,53)27-8-7-24-17-36(59)32(30(24)20-27)22-39-57-45-43(64-39)34-15-25-19-38-35(16-26(25)18-37(34)62-47(45)11-3-1-4-12-47)44-46(48(63-38)13-5-2-6-14-48)58-40(65-44)23-33-31-21-28(50(54,55)56)9-10-29(31)41(60)42(33)61/h7-10,15-16,18-23,25-26H,1-6,11-14,17H2/b32-22-,33-23-. The average Bonchev–Trinajstić information content (AvgIpc) is 4.04. The molecule has 2 aliphatic heterocycles. The number of fused-ring (bicyclic) bond motifs is 11. The van der Waals surface area contributed by atoms with E-state index in [-0.39, 0.29) is 51.9 Å². The van der Waals surface area contributed by atoms with E-state index in [1.54, 1.807) is 6.08 Å². The summed E-state index contributed by atoms with van der Waals surface area (Å²) in [6, 6.07) is 6.18. The number of halogens is 6. The number of ether oxygens (including phenoxy) is 2. The number of rotatable bonds is 2. The van der Waals surface area contributed by atoms with E-state index in [2.05, 4.69) is 24.3 Å². The fraction of sp³-hybridized carbons (Fsp3) is 0.340. The maximum atomic E-state index is 13.8. The van der Waals surface area contributed by atoms with E-state index >= 15 is 0 Å². The lowest BCUT2D eigenvalue weighted by Gasteiger charge is -2.45. The Morgan fingerprint density at radius 2 is 1.08 bits per heavy atom. The molecule has 2 spiro atoms. The molecule has 4 heterocycles. The summed E-state index contributed by atoms with van der Waals surface area (Å²) in [5.74, 6) is -0.898. The van der Waals surface area contributed by atoms with Gasteiger partial charge in [-0.2, -0.15) is 26.3 Å². The third kappa shape index (κ3) is 6.38. The van der Waals surface area contributed by atoms with Crippen LogP contribution in [0.25, 0.3) is 34.4 Å². The topological polar surface area (TPSA) is 95.5 Å². The van der Waals surface area contributed by atoms with Gasteiger partial charge in [-0.1, -0.05) is 31.1 Å². The van der Waals surface area contributed by atoms with Crippen molar-refractivity contribution in [1.29, 1.82) is 0 Å². The van der Waals surface area contributed by atoms with E-state index < -0.39 is 46.2 Å². The lowest BCUT2D eigenvalue weighted by Crippen LogP contribution is -2.38. The second-order valence-electron chi connectivity index (χ2n) is 18.2. The molecule has 0 bridgehead atoms. The Morgan fingerprint density at radius 3 is 1.60 bits per heavy atom. The molecule has 2 unspecified atom stereocenters. The molecule has 4 aromatic rings. The van der Waals surface area contributed by atoms with E-state index in [1.807, 2.05) is 0 Å². The van der Waals surface area contributed by atoms with Gasteiger partial charge in [0.25, 0.3) is 0 Å². The van der Waals surface area contributed by atoms with Gasteiger partial charge in [-0.15, -0.1) is 22.7 Å². The van der Waals surface area contributed by atoms with Crippen LogP contribution in [-0.2, 0) is 49.0 Å². The van der Waals surface area contributed by atoms with Gasteiger partial charge < -0.3 is 9.47 Å². The Morgan fingerprint density at radius 1 is 0.585 bits per heavy atom. The van der Waals surface area contributed by atoms with Gasteiger partial charge >= 0.3 is 12.4 Å². The van der Waals surface area contributed by atoms with Crippen molar-refractivity contribution in [3.05, 3.63) is 137 Å². The van der Waals surface area contributed by atoms with Crippen LogP contribution in [0.15, 0.2) is 72.2 Å². The summed E-state index contributed by atoms with van der Waals surface area (Å²) >= 11 is 2.74. The average molecular weight is 923 g/mol. The molecular weight excluding hydrogens is 887 g/mol. The van der Waals surface area contributed by atoms with Crippen molar-refractivity contribution in [2.45, 2.75) is 94.2 Å². The van der Waals surface area contributed by atoms with Crippen LogP contribution < -0.4 is 0 Å². The van der Waals surface area contributed by atoms with Crippen molar-refractivity contribution in [2.24, 2.45) is 11.8 Å². The smallest absolute Gasteiger partial charge is 0.416 e. The summed E-state index contributed by atoms with van der Waals surface area (Å²) in [6.07, 6.45) is 11.0. The molecule has 2 saturated carbocycles. The zero-order valence-electron chi connectivity index (χ0n) is 34.4. The molecule has 15 heteroatoms. The fourth-order valence-corrected chi connectivity index (χ4v) is 13.3. The summed E-state index contributed by atoms with van der Waals surface area (Å²) < 4.78 is 96.7. The number of thiazole rings is 2. The molecule has 0 radical (unpaired) electrons. The van der Waals surface area contributed by atoms with Gasteiger partial charge in [0.1, 0.15) is 32.9 Å². The van der Waals surface area contributed by atoms with Crippen molar-refractivity contribution in [3.63, 3.8) is 0 Å². The molecule has 0 N–H and O–H groups in total. The molecule has 0 saturated heterocycles. The molecule has 2 aromatic carbocycles. The van der Waals surface area contributed by atoms with E-state index in [9.17, 15) is 40.7 Å². The summed E-state index contributed by atoms with van der Waals surface area (Å²) in [6.45, 7) is 0. The molecule has 0 amide bonds. The van der Waals surface area contributed by atoms with Crippen LogP contribution in [0.1, 0.15) is 134 Å². The van der Waals surface area contributed by atoms with Crippen LogP contribution in [0.2, 0.25) is 0 Å². The van der Waals surface area contributed by atoms with Crippen LogP contribution in [-0.4, -0.2) is 27.3 Å². The highest BCUT2D eigenvalue weighted by Crippen LogP contribution is 2.58. The SMILES string of the molecule is O=C1Cc2ccc(C(F)(F)F)cc2/C1=C/c1nc2c(s1)C1=CC3C=C4OC5(CCCCC5)c5nc(/C=C6\C(=O)C(=O)c7ccc(C(F)(F)F)cc76)sc5C4=CC3C=C1OC21CCCCC1. The highest BCUT2D eigenvalue weighted by Gasteiger charge is 2.50. The van der Waals surface area contributed by atoms with Crippen LogP contribution in [0.5, 0.6) is 0 Å². The summed E-state index contributed by atoms with van der Waals surface area (Å²) in [5.41, 5.74) is 0.775. The minimum Gasteiger partial charge on any atom is -0.481 e. The van der Waals surface area contributed by atoms with E-state index in [4.69, 9.17) is 19.4 Å². The minimum atomic E-state index is -4.66. The number of hydrogen-bond donors (Lipinski definition) is 0. The Hall–Kier alpha value is -5.67. The van der Waals surface area contributed by atoms with Crippen molar-refractivity contribution >= 4 is 74.5 Å². The van der Waals surface area contributed by atoms with Gasteiger partial charge in [-0.05, 0) is 123 Å². The molecule has 2 aromatic heterocycles. The van der Waals surface area contributed by atoms with Crippen molar-refractivity contribution in [1.82, 2.24) is 9.97 Å². The molecule has 65 heavy (non-hydrogen) atoms. The number of carbonyl (C=O) groups is 3. The highest BCUT2D eigenvalue weighted by atomic mass is 32.1.